The first-order valence-corrected chi connectivity index (χ1v) is 10.6. The molecule has 2 aromatic carbocycles. The molecule has 3 N–H and O–H groups in total. The summed E-state index contributed by atoms with van der Waals surface area (Å²) in [5, 5.41) is 2.47. The molecule has 11 heteroatoms. The van der Waals surface area contributed by atoms with E-state index in [0.29, 0.717) is 37.1 Å². The van der Waals surface area contributed by atoms with E-state index in [4.69, 9.17) is 5.73 Å². The fraction of sp³-hybridized carbons (Fsp3) is 0.435. The largest absolute Gasteiger partial charge is 0.416 e. The molecule has 1 heterocycles. The number of carbonyl (C=O) groups excluding carboxylic acids is 1. The number of urea groups is 1. The minimum atomic E-state index is -4.97. The van der Waals surface area contributed by atoms with Crippen molar-refractivity contribution in [2.45, 2.75) is 57.2 Å². The highest BCUT2D eigenvalue weighted by atomic mass is 19.4. The molecule has 2 aromatic rings. The standard InChI is InChI=1S/C23H24F7N3O/c1-13-8-17(24)5-6-18(13)19-4-2-3-7-33(19)21(34)32-20(31)11-14-9-15(22(25,26)27)12-16(10-14)23(28,29)30/h5-6,8-10,12,19-20H,2-4,7,11,31H2,1H3,(H,32,34)/t19-,20-/m1/s1. The van der Waals surface area contributed by atoms with Crippen LogP contribution >= 0.6 is 0 Å². The van der Waals surface area contributed by atoms with E-state index in [1.165, 1.54) is 17.0 Å². The van der Waals surface area contributed by atoms with Crippen molar-refractivity contribution >= 4 is 6.03 Å². The highest BCUT2D eigenvalue weighted by Crippen LogP contribution is 2.37. The predicted molar refractivity (Wildman–Crippen MR) is 111 cm³/mol. The first-order chi connectivity index (χ1) is 15.8. The number of nitrogens with zero attached hydrogens (tertiary/aromatic N) is 1. The van der Waals surface area contributed by atoms with E-state index < -0.39 is 47.9 Å². The highest BCUT2D eigenvalue weighted by molar-refractivity contribution is 5.75. The third-order valence-corrected chi connectivity index (χ3v) is 5.77. The average molecular weight is 491 g/mol. The van der Waals surface area contributed by atoms with Crippen LogP contribution in [-0.4, -0.2) is 23.6 Å². The minimum Gasteiger partial charge on any atom is -0.323 e. The second-order valence-electron chi connectivity index (χ2n) is 8.38. The zero-order valence-corrected chi connectivity index (χ0v) is 18.2. The summed E-state index contributed by atoms with van der Waals surface area (Å²) in [4.78, 5) is 14.4. The van der Waals surface area contributed by atoms with Crippen LogP contribution in [-0.2, 0) is 18.8 Å². The summed E-state index contributed by atoms with van der Waals surface area (Å²) in [5.41, 5.74) is 4.12. The second-order valence-corrected chi connectivity index (χ2v) is 8.38. The molecule has 1 saturated heterocycles. The smallest absolute Gasteiger partial charge is 0.323 e. The summed E-state index contributed by atoms with van der Waals surface area (Å²) in [6.07, 6.45) is -9.45. The van der Waals surface area contributed by atoms with Gasteiger partial charge in [0.15, 0.2) is 0 Å². The molecule has 1 fully saturated rings. The number of halogens is 7. The number of alkyl halides is 6. The molecule has 2 atom stereocenters. The van der Waals surface area contributed by atoms with Gasteiger partial charge in [0.2, 0.25) is 0 Å². The number of amides is 2. The van der Waals surface area contributed by atoms with E-state index in [9.17, 15) is 35.5 Å². The average Bonchev–Trinajstić information content (AvgIpc) is 2.72. The van der Waals surface area contributed by atoms with Gasteiger partial charge in [0.25, 0.3) is 0 Å². The van der Waals surface area contributed by atoms with Crippen molar-refractivity contribution in [3.63, 3.8) is 0 Å². The van der Waals surface area contributed by atoms with Crippen LogP contribution < -0.4 is 11.1 Å². The van der Waals surface area contributed by atoms with E-state index in [1.807, 2.05) is 0 Å². The lowest BCUT2D eigenvalue weighted by Gasteiger charge is -2.37. The molecule has 0 spiro atoms. The van der Waals surface area contributed by atoms with Crippen LogP contribution in [0, 0.1) is 12.7 Å². The number of piperidine rings is 1. The summed E-state index contributed by atoms with van der Waals surface area (Å²) in [6, 6.07) is 4.53. The van der Waals surface area contributed by atoms with E-state index in [1.54, 1.807) is 13.0 Å². The van der Waals surface area contributed by atoms with Gasteiger partial charge in [0.1, 0.15) is 5.82 Å². The molecule has 1 aliphatic heterocycles. The topological polar surface area (TPSA) is 58.4 Å². The van der Waals surface area contributed by atoms with Gasteiger partial charge >= 0.3 is 18.4 Å². The molecule has 0 radical (unpaired) electrons. The summed E-state index contributed by atoms with van der Waals surface area (Å²) in [7, 11) is 0. The number of rotatable bonds is 4. The first kappa shape index (κ1) is 25.8. The second kappa shape index (κ2) is 9.81. The van der Waals surface area contributed by atoms with Crippen molar-refractivity contribution in [1.82, 2.24) is 10.2 Å². The maximum atomic E-state index is 13.5. The number of aryl methyl sites for hydroxylation is 1. The number of benzene rings is 2. The van der Waals surface area contributed by atoms with E-state index in [2.05, 4.69) is 5.32 Å². The van der Waals surface area contributed by atoms with Crippen molar-refractivity contribution in [3.05, 3.63) is 70.0 Å². The molecule has 0 aromatic heterocycles. The van der Waals surface area contributed by atoms with E-state index >= 15 is 0 Å². The number of nitrogens with two attached hydrogens (primary N) is 1. The summed E-state index contributed by atoms with van der Waals surface area (Å²) in [6.45, 7) is 2.10. The van der Waals surface area contributed by atoms with Crippen LogP contribution in [0.4, 0.5) is 35.5 Å². The number of hydrogen-bond donors (Lipinski definition) is 2. The molecule has 3 rings (SSSR count). The number of hydrogen-bond acceptors (Lipinski definition) is 2. The number of nitrogens with one attached hydrogen (secondary N) is 1. The molecule has 0 aliphatic carbocycles. The Morgan fingerprint density at radius 1 is 1.06 bits per heavy atom. The number of likely N-dealkylation sites (tertiary alicyclic amines) is 1. The monoisotopic (exact) mass is 491 g/mol. The Bertz CT molecular complexity index is 1000. The van der Waals surface area contributed by atoms with Crippen LogP contribution in [0.15, 0.2) is 36.4 Å². The van der Waals surface area contributed by atoms with Crippen molar-refractivity contribution in [1.29, 1.82) is 0 Å². The van der Waals surface area contributed by atoms with Crippen LogP contribution in [0.3, 0.4) is 0 Å². The Kier molecular flexibility index (Phi) is 7.44. The van der Waals surface area contributed by atoms with Crippen LogP contribution in [0.1, 0.15) is 53.1 Å². The molecular weight excluding hydrogens is 467 g/mol. The molecule has 1 aliphatic rings. The van der Waals surface area contributed by atoms with Gasteiger partial charge in [-0.25, -0.2) is 9.18 Å². The normalized spacial score (nSPS) is 18.0. The van der Waals surface area contributed by atoms with Gasteiger partial charge in [0, 0.05) is 13.0 Å². The lowest BCUT2D eigenvalue weighted by atomic mass is 9.92. The van der Waals surface area contributed by atoms with Crippen molar-refractivity contribution < 1.29 is 35.5 Å². The van der Waals surface area contributed by atoms with Gasteiger partial charge in [-0.2, -0.15) is 26.3 Å². The fourth-order valence-corrected chi connectivity index (χ4v) is 4.19. The molecule has 186 valence electrons. The molecule has 0 unspecified atom stereocenters. The van der Waals surface area contributed by atoms with Gasteiger partial charge in [-0.3, -0.25) is 0 Å². The first-order valence-electron chi connectivity index (χ1n) is 10.6. The third-order valence-electron chi connectivity index (χ3n) is 5.77. The van der Waals surface area contributed by atoms with Gasteiger partial charge in [-0.15, -0.1) is 0 Å². The van der Waals surface area contributed by atoms with Gasteiger partial charge in [-0.1, -0.05) is 6.07 Å². The van der Waals surface area contributed by atoms with Crippen molar-refractivity contribution in [3.8, 4) is 0 Å². The molecule has 34 heavy (non-hydrogen) atoms. The Hall–Kier alpha value is -2.82. The molecule has 0 bridgehead atoms. The summed E-state index contributed by atoms with van der Waals surface area (Å²) < 4.78 is 92.0. The molecule has 2 amide bonds. The summed E-state index contributed by atoms with van der Waals surface area (Å²) in [5.74, 6) is -0.408. The zero-order chi connectivity index (χ0) is 25.3. The molecule has 0 saturated carbocycles. The van der Waals surface area contributed by atoms with Gasteiger partial charge in [0.05, 0.1) is 23.3 Å². The quantitative estimate of drug-likeness (QED) is 0.411. The Morgan fingerprint density at radius 2 is 1.68 bits per heavy atom. The lowest BCUT2D eigenvalue weighted by Crippen LogP contribution is -2.51. The highest BCUT2D eigenvalue weighted by Gasteiger charge is 2.37. The maximum absolute atomic E-state index is 13.5. The Balaban J connectivity index is 1.77. The molecular formula is C23H24F7N3O. The number of carbonyl (C=O) groups is 1. The Labute approximate surface area is 191 Å². The van der Waals surface area contributed by atoms with Crippen molar-refractivity contribution in [2.75, 3.05) is 6.54 Å². The third kappa shape index (κ3) is 6.19. The Morgan fingerprint density at radius 3 is 2.24 bits per heavy atom. The van der Waals surface area contributed by atoms with Crippen molar-refractivity contribution in [2.24, 2.45) is 5.73 Å². The van der Waals surface area contributed by atoms with Gasteiger partial charge < -0.3 is 16.0 Å². The van der Waals surface area contributed by atoms with Gasteiger partial charge in [-0.05, 0) is 73.2 Å². The minimum absolute atomic E-state index is 0.0387. The van der Waals surface area contributed by atoms with Crippen LogP contribution in [0.25, 0.3) is 0 Å². The SMILES string of the molecule is Cc1cc(F)ccc1[C@H]1CCCCN1C(=O)N[C@@H](N)Cc1cc(C(F)(F)F)cc(C(F)(F)F)c1. The lowest BCUT2D eigenvalue weighted by molar-refractivity contribution is -0.143. The maximum Gasteiger partial charge on any atom is 0.416 e. The van der Waals surface area contributed by atoms with Crippen LogP contribution in [0.5, 0.6) is 0 Å². The fourth-order valence-electron chi connectivity index (χ4n) is 4.19. The van der Waals surface area contributed by atoms with Crippen LogP contribution in [0.2, 0.25) is 0 Å². The molecule has 4 nitrogen and oxygen atoms in total. The van der Waals surface area contributed by atoms with E-state index in [-0.39, 0.29) is 17.7 Å². The zero-order valence-electron chi connectivity index (χ0n) is 18.2. The van der Waals surface area contributed by atoms with E-state index in [0.717, 1.165) is 12.0 Å². The summed E-state index contributed by atoms with van der Waals surface area (Å²) >= 11 is 0. The predicted octanol–water partition coefficient (Wildman–Crippen LogP) is 5.94.